The Hall–Kier alpha value is -3.09. The fourth-order valence-corrected chi connectivity index (χ4v) is 3.76. The number of aryl methyl sites for hydroxylation is 1. The van der Waals surface area contributed by atoms with Crippen LogP contribution in [0.2, 0.25) is 5.02 Å². The summed E-state index contributed by atoms with van der Waals surface area (Å²) in [6, 6.07) is 20.1. The summed E-state index contributed by atoms with van der Waals surface area (Å²) < 4.78 is 27.4. The number of benzene rings is 3. The monoisotopic (exact) mass is 426 g/mol. The summed E-state index contributed by atoms with van der Waals surface area (Å²) in [4.78, 5) is 12.1. The highest BCUT2D eigenvalue weighted by atomic mass is 35.5. The maximum atomic E-state index is 12.5. The summed E-state index contributed by atoms with van der Waals surface area (Å²) in [5, 5.41) is 3.13. The molecule has 3 aromatic rings. The molecule has 0 saturated carbocycles. The van der Waals surface area contributed by atoms with Crippen molar-refractivity contribution in [3.05, 3.63) is 95.0 Å². The minimum Gasteiger partial charge on any atom is -0.323 e. The number of anilines is 2. The van der Waals surface area contributed by atoms with Crippen LogP contribution in [0.25, 0.3) is 6.08 Å². The van der Waals surface area contributed by atoms with Crippen LogP contribution in [0.3, 0.4) is 0 Å². The van der Waals surface area contributed by atoms with Gasteiger partial charge in [0.1, 0.15) is 0 Å². The molecule has 0 unspecified atom stereocenters. The Bertz CT molecular complexity index is 1140. The third-order valence-electron chi connectivity index (χ3n) is 4.01. The Morgan fingerprint density at radius 3 is 2.28 bits per heavy atom. The van der Waals surface area contributed by atoms with E-state index in [0.717, 1.165) is 11.1 Å². The Balaban J connectivity index is 1.64. The van der Waals surface area contributed by atoms with E-state index in [0.29, 0.717) is 16.4 Å². The highest BCUT2D eigenvalue weighted by molar-refractivity contribution is 7.92. The minimum absolute atomic E-state index is 0.0747. The second kappa shape index (κ2) is 8.94. The standard InChI is InChI=1S/C22H19ClN2O3S/c1-16-5-7-17(8-6-16)9-14-22(26)24-19-10-12-21(13-11-19)29(27,28)25-20-4-2-3-18(23)15-20/h2-15,25H,1H3,(H,24,26)/b14-9+. The molecular formula is C22H19ClN2O3S. The summed E-state index contributed by atoms with van der Waals surface area (Å²) in [6.45, 7) is 1.99. The molecule has 2 N–H and O–H groups in total. The second-order valence-corrected chi connectivity index (χ2v) is 8.49. The van der Waals surface area contributed by atoms with Crippen molar-refractivity contribution in [1.82, 2.24) is 0 Å². The number of sulfonamides is 1. The summed E-state index contributed by atoms with van der Waals surface area (Å²) in [6.07, 6.45) is 3.14. The Kier molecular flexibility index (Phi) is 6.36. The van der Waals surface area contributed by atoms with Crippen molar-refractivity contribution in [2.75, 3.05) is 10.0 Å². The molecule has 148 valence electrons. The van der Waals surface area contributed by atoms with Crippen molar-refractivity contribution in [2.45, 2.75) is 11.8 Å². The van der Waals surface area contributed by atoms with Gasteiger partial charge in [0.15, 0.2) is 0 Å². The molecule has 3 aromatic carbocycles. The van der Waals surface area contributed by atoms with Crippen LogP contribution in [0.5, 0.6) is 0 Å². The van der Waals surface area contributed by atoms with Crippen LogP contribution in [-0.2, 0) is 14.8 Å². The molecule has 1 amide bonds. The van der Waals surface area contributed by atoms with Crippen LogP contribution in [0.15, 0.2) is 83.8 Å². The smallest absolute Gasteiger partial charge is 0.261 e. The van der Waals surface area contributed by atoms with E-state index >= 15 is 0 Å². The molecule has 0 aliphatic rings. The Morgan fingerprint density at radius 1 is 0.931 bits per heavy atom. The number of hydrogen-bond donors (Lipinski definition) is 2. The molecule has 5 nitrogen and oxygen atoms in total. The van der Waals surface area contributed by atoms with E-state index < -0.39 is 10.0 Å². The van der Waals surface area contributed by atoms with Crippen molar-refractivity contribution in [1.29, 1.82) is 0 Å². The van der Waals surface area contributed by atoms with Crippen molar-refractivity contribution in [3.63, 3.8) is 0 Å². The Labute approximate surface area is 175 Å². The zero-order valence-electron chi connectivity index (χ0n) is 15.6. The van der Waals surface area contributed by atoms with Gasteiger partial charge < -0.3 is 5.32 Å². The summed E-state index contributed by atoms with van der Waals surface area (Å²) in [7, 11) is -3.76. The summed E-state index contributed by atoms with van der Waals surface area (Å²) >= 11 is 5.88. The summed E-state index contributed by atoms with van der Waals surface area (Å²) in [5.41, 5.74) is 2.92. The van der Waals surface area contributed by atoms with Crippen LogP contribution in [0.1, 0.15) is 11.1 Å². The topological polar surface area (TPSA) is 75.3 Å². The van der Waals surface area contributed by atoms with Crippen molar-refractivity contribution >= 4 is 45.0 Å². The lowest BCUT2D eigenvalue weighted by Crippen LogP contribution is -2.13. The zero-order valence-corrected chi connectivity index (χ0v) is 17.2. The maximum Gasteiger partial charge on any atom is 0.261 e. The molecule has 0 radical (unpaired) electrons. The first kappa shape index (κ1) is 20.6. The van der Waals surface area contributed by atoms with Gasteiger partial charge in [-0.25, -0.2) is 8.42 Å². The predicted molar refractivity (Wildman–Crippen MR) is 118 cm³/mol. The van der Waals surface area contributed by atoms with Gasteiger partial charge in [-0.1, -0.05) is 47.5 Å². The van der Waals surface area contributed by atoms with Gasteiger partial charge in [0, 0.05) is 16.8 Å². The van der Waals surface area contributed by atoms with E-state index in [9.17, 15) is 13.2 Å². The van der Waals surface area contributed by atoms with Gasteiger partial charge >= 0.3 is 0 Å². The lowest BCUT2D eigenvalue weighted by atomic mass is 10.1. The molecule has 0 saturated heterocycles. The number of nitrogens with one attached hydrogen (secondary N) is 2. The maximum absolute atomic E-state index is 12.5. The van der Waals surface area contributed by atoms with E-state index in [1.165, 1.54) is 36.4 Å². The van der Waals surface area contributed by atoms with E-state index in [1.807, 2.05) is 31.2 Å². The second-order valence-electron chi connectivity index (χ2n) is 6.37. The fraction of sp³-hybridized carbons (Fsp3) is 0.0455. The molecule has 0 aliphatic heterocycles. The van der Waals surface area contributed by atoms with Gasteiger partial charge in [-0.2, -0.15) is 0 Å². The van der Waals surface area contributed by atoms with Crippen molar-refractivity contribution < 1.29 is 13.2 Å². The van der Waals surface area contributed by atoms with Crippen LogP contribution in [-0.4, -0.2) is 14.3 Å². The van der Waals surface area contributed by atoms with Gasteiger partial charge in [0.05, 0.1) is 10.6 Å². The minimum atomic E-state index is -3.76. The average molecular weight is 427 g/mol. The number of amides is 1. The van der Waals surface area contributed by atoms with Crippen LogP contribution in [0, 0.1) is 6.92 Å². The van der Waals surface area contributed by atoms with Crippen LogP contribution in [0.4, 0.5) is 11.4 Å². The van der Waals surface area contributed by atoms with E-state index in [2.05, 4.69) is 10.0 Å². The Morgan fingerprint density at radius 2 is 1.62 bits per heavy atom. The van der Waals surface area contributed by atoms with E-state index in [4.69, 9.17) is 11.6 Å². The summed E-state index contributed by atoms with van der Waals surface area (Å²) in [5.74, 6) is -0.307. The molecule has 0 aliphatic carbocycles. The highest BCUT2D eigenvalue weighted by Crippen LogP contribution is 2.20. The lowest BCUT2D eigenvalue weighted by Gasteiger charge is -2.09. The first-order chi connectivity index (χ1) is 13.8. The van der Waals surface area contributed by atoms with Crippen molar-refractivity contribution in [3.8, 4) is 0 Å². The van der Waals surface area contributed by atoms with Crippen molar-refractivity contribution in [2.24, 2.45) is 0 Å². The molecule has 0 atom stereocenters. The third-order valence-corrected chi connectivity index (χ3v) is 5.65. The van der Waals surface area contributed by atoms with Gasteiger partial charge in [0.25, 0.3) is 10.0 Å². The first-order valence-electron chi connectivity index (χ1n) is 8.76. The predicted octanol–water partition coefficient (Wildman–Crippen LogP) is 5.10. The SMILES string of the molecule is Cc1ccc(/C=C/C(=O)Nc2ccc(S(=O)(=O)Nc3cccc(Cl)c3)cc2)cc1. The zero-order chi connectivity index (χ0) is 20.9. The third kappa shape index (κ3) is 5.94. The van der Waals surface area contributed by atoms with Crippen LogP contribution >= 0.6 is 11.6 Å². The molecule has 0 fully saturated rings. The number of carbonyl (C=O) groups is 1. The van der Waals surface area contributed by atoms with E-state index in [-0.39, 0.29) is 10.8 Å². The fourth-order valence-electron chi connectivity index (χ4n) is 2.52. The molecule has 0 spiro atoms. The number of hydrogen-bond acceptors (Lipinski definition) is 3. The van der Waals surface area contributed by atoms with Crippen LogP contribution < -0.4 is 10.0 Å². The first-order valence-corrected chi connectivity index (χ1v) is 10.6. The average Bonchev–Trinajstić information content (AvgIpc) is 2.68. The van der Waals surface area contributed by atoms with Gasteiger partial charge in [-0.15, -0.1) is 0 Å². The molecule has 0 bridgehead atoms. The van der Waals surface area contributed by atoms with Gasteiger partial charge in [-0.05, 0) is 61.0 Å². The van der Waals surface area contributed by atoms with Gasteiger partial charge in [0.2, 0.25) is 5.91 Å². The van der Waals surface area contributed by atoms with E-state index in [1.54, 1.807) is 24.3 Å². The molecule has 0 aromatic heterocycles. The molecule has 0 heterocycles. The molecule has 3 rings (SSSR count). The quantitative estimate of drug-likeness (QED) is 0.538. The molecule has 29 heavy (non-hydrogen) atoms. The number of carbonyl (C=O) groups excluding carboxylic acids is 1. The molecular weight excluding hydrogens is 408 g/mol. The lowest BCUT2D eigenvalue weighted by molar-refractivity contribution is -0.111. The number of halogens is 1. The van der Waals surface area contributed by atoms with Gasteiger partial charge in [-0.3, -0.25) is 9.52 Å². The number of rotatable bonds is 6. The molecule has 7 heteroatoms. The largest absolute Gasteiger partial charge is 0.323 e. The highest BCUT2D eigenvalue weighted by Gasteiger charge is 2.14. The normalized spacial score (nSPS) is 11.4.